The van der Waals surface area contributed by atoms with Gasteiger partial charge in [-0.05, 0) is 26.0 Å². The molecule has 0 aromatic heterocycles. The van der Waals surface area contributed by atoms with E-state index in [-0.39, 0.29) is 22.6 Å². The van der Waals surface area contributed by atoms with Crippen molar-refractivity contribution in [1.82, 2.24) is 5.32 Å². The predicted molar refractivity (Wildman–Crippen MR) is 100 cm³/mol. The van der Waals surface area contributed by atoms with Crippen molar-refractivity contribution in [1.29, 1.82) is 0 Å². The minimum Gasteiger partial charge on any atom is -0.508 e. The third-order valence-electron chi connectivity index (χ3n) is 5.51. The van der Waals surface area contributed by atoms with Crippen LogP contribution in [0.1, 0.15) is 37.1 Å². The average Bonchev–Trinajstić information content (AvgIpc) is 2.60. The molecule has 1 aliphatic rings. The summed E-state index contributed by atoms with van der Waals surface area (Å²) in [6.45, 7) is 2.96. The Hall–Kier alpha value is -3.20. The molecular formula is C19H21N3O6. The summed E-state index contributed by atoms with van der Waals surface area (Å²) in [5.74, 6) is -0.281. The van der Waals surface area contributed by atoms with E-state index < -0.39 is 39.4 Å². The second-order valence-corrected chi connectivity index (χ2v) is 7.52. The fourth-order valence-corrected chi connectivity index (χ4v) is 4.22. The molecule has 148 valence electrons. The van der Waals surface area contributed by atoms with Crippen molar-refractivity contribution >= 4 is 0 Å². The van der Waals surface area contributed by atoms with Crippen molar-refractivity contribution in [2.45, 2.75) is 38.0 Å². The Labute approximate surface area is 160 Å². The summed E-state index contributed by atoms with van der Waals surface area (Å²) in [6, 6.07) is 7.64. The topological polar surface area (TPSA) is 139 Å². The van der Waals surface area contributed by atoms with E-state index in [1.54, 1.807) is 36.4 Å². The van der Waals surface area contributed by atoms with E-state index in [1.807, 2.05) is 0 Å². The molecule has 3 rings (SSSR count). The Morgan fingerprint density at radius 2 is 1.18 bits per heavy atom. The number of hydrogen-bond acceptors (Lipinski definition) is 7. The Morgan fingerprint density at radius 1 is 0.821 bits per heavy atom. The van der Waals surface area contributed by atoms with Crippen molar-refractivity contribution in [3.05, 3.63) is 79.9 Å². The third kappa shape index (κ3) is 3.13. The lowest BCUT2D eigenvalue weighted by atomic mass is 9.66. The van der Waals surface area contributed by atoms with Crippen LogP contribution in [0.5, 0.6) is 11.5 Å². The Kier molecular flexibility index (Phi) is 4.95. The molecule has 1 aliphatic heterocycles. The lowest BCUT2D eigenvalue weighted by Crippen LogP contribution is -2.63. The molecule has 0 bridgehead atoms. The maximum Gasteiger partial charge on any atom is 0.244 e. The number of aromatic hydroxyl groups is 2. The second kappa shape index (κ2) is 7.08. The summed E-state index contributed by atoms with van der Waals surface area (Å²) in [5.41, 5.74) is -0.836. The highest BCUT2D eigenvalue weighted by atomic mass is 16.6. The van der Waals surface area contributed by atoms with Crippen LogP contribution in [-0.2, 0) is 0 Å². The lowest BCUT2D eigenvalue weighted by Gasteiger charge is -2.44. The molecule has 0 aliphatic carbocycles. The number of nitrogens with one attached hydrogen (secondary N) is 1. The molecule has 9 nitrogen and oxygen atoms in total. The molecule has 1 heterocycles. The summed E-state index contributed by atoms with van der Waals surface area (Å²) < 4.78 is 0. The van der Waals surface area contributed by atoms with Crippen LogP contribution in [0.25, 0.3) is 0 Å². The van der Waals surface area contributed by atoms with Crippen molar-refractivity contribution in [3.63, 3.8) is 0 Å². The van der Waals surface area contributed by atoms with Crippen molar-refractivity contribution < 1.29 is 20.1 Å². The van der Waals surface area contributed by atoms with Gasteiger partial charge in [-0.25, -0.2) is 0 Å². The molecule has 0 unspecified atom stereocenters. The number of hydrogen-bond donors (Lipinski definition) is 3. The van der Waals surface area contributed by atoms with Crippen LogP contribution in [0.15, 0.2) is 48.5 Å². The van der Waals surface area contributed by atoms with Gasteiger partial charge in [0.25, 0.3) is 0 Å². The Balaban J connectivity index is 2.21. The Bertz CT molecular complexity index is 845. The van der Waals surface area contributed by atoms with Gasteiger partial charge in [0.2, 0.25) is 12.1 Å². The van der Waals surface area contributed by atoms with E-state index >= 15 is 0 Å². The SMILES string of the molecule is CC1(C)[C@@H]([N+](=O)[O-])[C@@H](c2ccccc2O)N[C@@H](c2ccccc2O)[C@@H]1[N+](=O)[O-]. The van der Waals surface area contributed by atoms with Gasteiger partial charge in [-0.3, -0.25) is 25.5 Å². The molecule has 4 atom stereocenters. The number of phenols is 2. The van der Waals surface area contributed by atoms with Crippen LogP contribution in [0, 0.1) is 25.6 Å². The molecule has 0 amide bonds. The predicted octanol–water partition coefficient (Wildman–Crippen LogP) is 2.80. The number of nitrogens with zero attached hydrogens (tertiary/aromatic N) is 2. The zero-order chi connectivity index (χ0) is 20.6. The largest absolute Gasteiger partial charge is 0.508 e. The number of nitro groups is 2. The molecule has 0 saturated carbocycles. The molecule has 3 N–H and O–H groups in total. The molecule has 1 fully saturated rings. The number of rotatable bonds is 4. The van der Waals surface area contributed by atoms with E-state index in [4.69, 9.17) is 0 Å². The summed E-state index contributed by atoms with van der Waals surface area (Å²) in [4.78, 5) is 22.8. The summed E-state index contributed by atoms with van der Waals surface area (Å²) in [6.07, 6.45) is 0. The zero-order valence-electron chi connectivity index (χ0n) is 15.4. The first-order chi connectivity index (χ1) is 13.2. The van der Waals surface area contributed by atoms with Crippen LogP contribution in [0.4, 0.5) is 0 Å². The molecule has 0 spiro atoms. The van der Waals surface area contributed by atoms with Crippen molar-refractivity contribution in [2.24, 2.45) is 5.41 Å². The van der Waals surface area contributed by atoms with Gasteiger partial charge in [-0.1, -0.05) is 36.4 Å². The molecule has 2 aromatic carbocycles. The Morgan fingerprint density at radius 3 is 1.50 bits per heavy atom. The van der Waals surface area contributed by atoms with Crippen molar-refractivity contribution in [2.75, 3.05) is 0 Å². The van der Waals surface area contributed by atoms with Gasteiger partial charge in [-0.2, -0.15) is 0 Å². The minimum absolute atomic E-state index is 0.141. The fourth-order valence-electron chi connectivity index (χ4n) is 4.22. The summed E-state index contributed by atoms with van der Waals surface area (Å²) in [7, 11) is 0. The van der Waals surface area contributed by atoms with E-state index in [0.29, 0.717) is 0 Å². The van der Waals surface area contributed by atoms with Gasteiger partial charge in [0.15, 0.2) is 0 Å². The standard InChI is InChI=1S/C19H21N3O6/c1-19(2)17(21(25)26)15(11-7-3-5-9-13(11)23)20-16(18(19)22(27)28)12-8-4-6-10-14(12)24/h3-10,15-18,20,23-24H,1-2H3/t15-,16+,17-,18-/m0/s1. The number of piperidine rings is 1. The normalized spacial score (nSPS) is 26.5. The summed E-state index contributed by atoms with van der Waals surface area (Å²) >= 11 is 0. The number of para-hydroxylation sites is 2. The molecule has 1 saturated heterocycles. The number of benzene rings is 2. The first-order valence-corrected chi connectivity index (χ1v) is 8.75. The molecule has 0 radical (unpaired) electrons. The highest BCUT2D eigenvalue weighted by Crippen LogP contribution is 2.49. The van der Waals surface area contributed by atoms with Crippen LogP contribution in [0.3, 0.4) is 0 Å². The highest BCUT2D eigenvalue weighted by molar-refractivity contribution is 5.40. The molecular weight excluding hydrogens is 366 g/mol. The maximum absolute atomic E-state index is 12.0. The zero-order valence-corrected chi connectivity index (χ0v) is 15.4. The fraction of sp³-hybridized carbons (Fsp3) is 0.368. The quantitative estimate of drug-likeness (QED) is 0.541. The van der Waals surface area contributed by atoms with Crippen LogP contribution in [-0.4, -0.2) is 32.1 Å². The first-order valence-electron chi connectivity index (χ1n) is 8.75. The van der Waals surface area contributed by atoms with Gasteiger partial charge in [0.1, 0.15) is 29.0 Å². The first kappa shape index (κ1) is 19.6. The summed E-state index contributed by atoms with van der Waals surface area (Å²) in [5, 5.41) is 47.4. The molecule has 28 heavy (non-hydrogen) atoms. The molecule has 2 aromatic rings. The average molecular weight is 387 g/mol. The highest BCUT2D eigenvalue weighted by Gasteiger charge is 2.63. The van der Waals surface area contributed by atoms with Gasteiger partial charge >= 0.3 is 0 Å². The second-order valence-electron chi connectivity index (χ2n) is 7.52. The smallest absolute Gasteiger partial charge is 0.244 e. The maximum atomic E-state index is 12.0. The minimum atomic E-state index is -1.39. The van der Waals surface area contributed by atoms with E-state index in [0.717, 1.165) is 0 Å². The van der Waals surface area contributed by atoms with Gasteiger partial charge < -0.3 is 10.2 Å². The third-order valence-corrected chi connectivity index (χ3v) is 5.51. The van der Waals surface area contributed by atoms with Gasteiger partial charge in [0, 0.05) is 21.0 Å². The van der Waals surface area contributed by atoms with E-state index in [2.05, 4.69) is 5.32 Å². The van der Waals surface area contributed by atoms with Gasteiger partial charge in [0.05, 0.1) is 0 Å². The van der Waals surface area contributed by atoms with Gasteiger partial charge in [-0.15, -0.1) is 0 Å². The lowest BCUT2D eigenvalue weighted by molar-refractivity contribution is -0.605. The van der Waals surface area contributed by atoms with Crippen LogP contribution < -0.4 is 5.32 Å². The number of phenolic OH excluding ortho intramolecular Hbond substituents is 2. The van der Waals surface area contributed by atoms with E-state index in [9.17, 15) is 30.4 Å². The van der Waals surface area contributed by atoms with Crippen LogP contribution >= 0.6 is 0 Å². The monoisotopic (exact) mass is 387 g/mol. The van der Waals surface area contributed by atoms with Crippen LogP contribution in [0.2, 0.25) is 0 Å². The van der Waals surface area contributed by atoms with E-state index in [1.165, 1.54) is 26.0 Å². The van der Waals surface area contributed by atoms with Crippen molar-refractivity contribution in [3.8, 4) is 11.5 Å². The molecule has 9 heteroatoms.